The van der Waals surface area contributed by atoms with Gasteiger partial charge in [-0.05, 0) is 24.3 Å². The van der Waals surface area contributed by atoms with Gasteiger partial charge < -0.3 is 18.8 Å². The van der Waals surface area contributed by atoms with E-state index < -0.39 is 0 Å². The SMILES string of the molecule is COc1cc(/C=N\OCc2nc(-c3ccccc3Cl)no2)cc(Cl)c1OC. The highest BCUT2D eigenvalue weighted by Crippen LogP contribution is 2.35. The summed E-state index contributed by atoms with van der Waals surface area (Å²) in [6.07, 6.45) is 1.49. The summed E-state index contributed by atoms with van der Waals surface area (Å²) < 4.78 is 15.6. The number of ether oxygens (including phenoxy) is 2. The fourth-order valence-electron chi connectivity index (χ4n) is 2.27. The molecule has 0 bridgehead atoms. The summed E-state index contributed by atoms with van der Waals surface area (Å²) in [5.41, 5.74) is 1.36. The summed E-state index contributed by atoms with van der Waals surface area (Å²) in [4.78, 5) is 9.43. The lowest BCUT2D eigenvalue weighted by molar-refractivity contribution is 0.107. The lowest BCUT2D eigenvalue weighted by atomic mass is 10.2. The van der Waals surface area contributed by atoms with Crippen molar-refractivity contribution in [2.75, 3.05) is 14.2 Å². The molecular formula is C18H15Cl2N3O4. The van der Waals surface area contributed by atoms with Crippen LogP contribution in [0.2, 0.25) is 10.0 Å². The topological polar surface area (TPSA) is 79.0 Å². The summed E-state index contributed by atoms with van der Waals surface area (Å²) in [5.74, 6) is 1.60. The van der Waals surface area contributed by atoms with Crippen molar-refractivity contribution in [3.05, 3.63) is 57.9 Å². The van der Waals surface area contributed by atoms with E-state index >= 15 is 0 Å². The average Bonchev–Trinajstić information content (AvgIpc) is 3.13. The van der Waals surface area contributed by atoms with E-state index in [0.717, 1.165) is 0 Å². The normalized spacial score (nSPS) is 11.0. The predicted molar refractivity (Wildman–Crippen MR) is 102 cm³/mol. The van der Waals surface area contributed by atoms with Crippen LogP contribution in [0.4, 0.5) is 0 Å². The van der Waals surface area contributed by atoms with Crippen LogP contribution in [-0.2, 0) is 11.4 Å². The molecule has 27 heavy (non-hydrogen) atoms. The maximum atomic E-state index is 6.14. The van der Waals surface area contributed by atoms with Gasteiger partial charge in [0.1, 0.15) is 0 Å². The molecule has 0 saturated carbocycles. The standard InChI is InChI=1S/C18H15Cl2N3O4/c1-24-15-8-11(7-14(20)17(15)25-2)9-21-26-10-16-22-18(23-27-16)12-5-3-4-6-13(12)19/h3-9H,10H2,1-2H3/b21-9-. The van der Waals surface area contributed by atoms with Crippen LogP contribution in [0.3, 0.4) is 0 Å². The minimum atomic E-state index is 0.00890. The van der Waals surface area contributed by atoms with Crippen molar-refractivity contribution in [1.29, 1.82) is 0 Å². The molecule has 0 spiro atoms. The number of benzene rings is 2. The second-order valence-electron chi connectivity index (χ2n) is 5.24. The second-order valence-corrected chi connectivity index (χ2v) is 6.05. The number of hydrogen-bond donors (Lipinski definition) is 0. The summed E-state index contributed by atoms with van der Waals surface area (Å²) in [7, 11) is 3.04. The number of aromatic nitrogens is 2. The summed E-state index contributed by atoms with van der Waals surface area (Å²) in [6.45, 7) is 0.00890. The molecule has 0 saturated heterocycles. The van der Waals surface area contributed by atoms with Gasteiger partial charge in [0.25, 0.3) is 5.89 Å². The summed E-state index contributed by atoms with van der Waals surface area (Å²) >= 11 is 12.3. The highest BCUT2D eigenvalue weighted by atomic mass is 35.5. The van der Waals surface area contributed by atoms with E-state index in [4.69, 9.17) is 42.0 Å². The van der Waals surface area contributed by atoms with Gasteiger partial charge >= 0.3 is 0 Å². The van der Waals surface area contributed by atoms with E-state index in [9.17, 15) is 0 Å². The molecule has 0 aliphatic carbocycles. The van der Waals surface area contributed by atoms with Crippen molar-refractivity contribution >= 4 is 29.4 Å². The molecule has 1 heterocycles. The fraction of sp³-hybridized carbons (Fsp3) is 0.167. The maximum absolute atomic E-state index is 6.14. The van der Waals surface area contributed by atoms with Crippen molar-refractivity contribution in [2.24, 2.45) is 5.16 Å². The van der Waals surface area contributed by atoms with Crippen molar-refractivity contribution in [1.82, 2.24) is 10.1 Å². The first-order valence-corrected chi connectivity index (χ1v) is 8.52. The third kappa shape index (κ3) is 4.50. The lowest BCUT2D eigenvalue weighted by Gasteiger charge is -2.09. The largest absolute Gasteiger partial charge is 0.493 e. The van der Waals surface area contributed by atoms with Crippen LogP contribution in [0.25, 0.3) is 11.4 Å². The van der Waals surface area contributed by atoms with Crippen LogP contribution in [0.5, 0.6) is 11.5 Å². The predicted octanol–water partition coefficient (Wildman–Crippen LogP) is 4.61. The zero-order valence-corrected chi connectivity index (χ0v) is 16.0. The number of oxime groups is 1. The van der Waals surface area contributed by atoms with Gasteiger partial charge in [0.05, 0.1) is 30.5 Å². The monoisotopic (exact) mass is 407 g/mol. The Hall–Kier alpha value is -2.77. The molecule has 0 atom stereocenters. The average molecular weight is 408 g/mol. The van der Waals surface area contributed by atoms with Gasteiger partial charge in [0.15, 0.2) is 18.1 Å². The van der Waals surface area contributed by atoms with Gasteiger partial charge in [-0.15, -0.1) is 0 Å². The molecule has 1 aromatic heterocycles. The van der Waals surface area contributed by atoms with Crippen molar-refractivity contribution < 1.29 is 18.8 Å². The molecule has 9 heteroatoms. The minimum absolute atomic E-state index is 0.00890. The highest BCUT2D eigenvalue weighted by Gasteiger charge is 2.12. The van der Waals surface area contributed by atoms with Crippen LogP contribution in [0.1, 0.15) is 11.5 Å². The van der Waals surface area contributed by atoms with Gasteiger partial charge in [-0.25, -0.2) is 0 Å². The minimum Gasteiger partial charge on any atom is -0.493 e. The molecule has 0 aliphatic rings. The molecule has 0 N–H and O–H groups in total. The Morgan fingerprint density at radius 3 is 2.67 bits per heavy atom. The van der Waals surface area contributed by atoms with Gasteiger partial charge in [0, 0.05) is 11.1 Å². The Morgan fingerprint density at radius 2 is 1.93 bits per heavy atom. The van der Waals surface area contributed by atoms with E-state index in [1.165, 1.54) is 20.4 Å². The summed E-state index contributed by atoms with van der Waals surface area (Å²) in [6, 6.07) is 10.6. The van der Waals surface area contributed by atoms with Crippen LogP contribution < -0.4 is 9.47 Å². The third-order valence-electron chi connectivity index (χ3n) is 3.50. The van der Waals surface area contributed by atoms with E-state index in [2.05, 4.69) is 15.3 Å². The number of rotatable bonds is 7. The second kappa shape index (κ2) is 8.75. The van der Waals surface area contributed by atoms with Crippen molar-refractivity contribution in [3.63, 3.8) is 0 Å². The van der Waals surface area contributed by atoms with E-state index in [1.807, 2.05) is 12.1 Å². The van der Waals surface area contributed by atoms with Gasteiger partial charge in [-0.2, -0.15) is 4.98 Å². The molecule has 0 aliphatic heterocycles. The first-order valence-electron chi connectivity index (χ1n) is 7.76. The Labute approximate surface area is 165 Å². The molecule has 2 aromatic carbocycles. The molecule has 3 aromatic rings. The zero-order valence-electron chi connectivity index (χ0n) is 14.5. The Balaban J connectivity index is 1.64. The van der Waals surface area contributed by atoms with E-state index in [1.54, 1.807) is 24.3 Å². The van der Waals surface area contributed by atoms with Gasteiger partial charge in [-0.3, -0.25) is 0 Å². The van der Waals surface area contributed by atoms with Crippen LogP contribution >= 0.6 is 23.2 Å². The first kappa shape index (κ1) is 19.0. The highest BCUT2D eigenvalue weighted by molar-refractivity contribution is 6.33. The molecule has 7 nitrogen and oxygen atoms in total. The Kier molecular flexibility index (Phi) is 6.16. The van der Waals surface area contributed by atoms with E-state index in [0.29, 0.717) is 38.5 Å². The Bertz CT molecular complexity index is 960. The lowest BCUT2D eigenvalue weighted by Crippen LogP contribution is -1.94. The zero-order chi connectivity index (χ0) is 19.2. The maximum Gasteiger partial charge on any atom is 0.267 e. The van der Waals surface area contributed by atoms with Crippen molar-refractivity contribution in [2.45, 2.75) is 6.61 Å². The number of halogens is 2. The van der Waals surface area contributed by atoms with Crippen molar-refractivity contribution in [3.8, 4) is 22.9 Å². The molecular weight excluding hydrogens is 393 g/mol. The third-order valence-corrected chi connectivity index (χ3v) is 4.11. The Morgan fingerprint density at radius 1 is 1.11 bits per heavy atom. The number of hydrogen-bond acceptors (Lipinski definition) is 7. The first-order chi connectivity index (χ1) is 13.1. The van der Waals surface area contributed by atoms with Gasteiger partial charge in [-0.1, -0.05) is 45.6 Å². The molecule has 140 valence electrons. The number of methoxy groups -OCH3 is 2. The summed E-state index contributed by atoms with van der Waals surface area (Å²) in [5, 5.41) is 8.70. The molecule has 0 fully saturated rings. The molecule has 3 rings (SSSR count). The molecule has 0 amide bonds. The molecule has 0 unspecified atom stereocenters. The smallest absolute Gasteiger partial charge is 0.267 e. The van der Waals surface area contributed by atoms with E-state index in [-0.39, 0.29) is 12.5 Å². The quantitative estimate of drug-likeness (QED) is 0.420. The fourth-order valence-corrected chi connectivity index (χ4v) is 2.78. The number of nitrogens with zero attached hydrogens (tertiary/aromatic N) is 3. The van der Waals surface area contributed by atoms with Crippen LogP contribution in [0.15, 0.2) is 46.1 Å². The van der Waals surface area contributed by atoms with Crippen LogP contribution in [0, 0.1) is 0 Å². The van der Waals surface area contributed by atoms with Crippen LogP contribution in [-0.4, -0.2) is 30.6 Å². The molecule has 0 radical (unpaired) electrons. The van der Waals surface area contributed by atoms with Gasteiger partial charge in [0.2, 0.25) is 5.82 Å².